The van der Waals surface area contributed by atoms with Crippen molar-refractivity contribution in [2.45, 2.75) is 12.6 Å². The van der Waals surface area contributed by atoms with Crippen molar-refractivity contribution in [3.63, 3.8) is 0 Å². The van der Waals surface area contributed by atoms with Gasteiger partial charge in [-0.2, -0.15) is 13.2 Å². The van der Waals surface area contributed by atoms with Gasteiger partial charge in [0, 0.05) is 0 Å². The summed E-state index contributed by atoms with van der Waals surface area (Å²) in [5.74, 6) is 0.385. The first-order chi connectivity index (χ1) is 6.42. The number of nitrogen functional groups attached to an aromatic ring is 1. The third kappa shape index (κ3) is 2.83. The van der Waals surface area contributed by atoms with Gasteiger partial charge in [0.1, 0.15) is 5.75 Å². The molecule has 2 nitrogen and oxygen atoms in total. The summed E-state index contributed by atoms with van der Waals surface area (Å²) in [6.45, 7) is 0. The van der Waals surface area contributed by atoms with Gasteiger partial charge in [0.2, 0.25) is 0 Å². The molecule has 78 valence electrons. The molecule has 0 aliphatic heterocycles. The van der Waals surface area contributed by atoms with Crippen LogP contribution in [0.15, 0.2) is 18.2 Å². The number of hydrogen-bond acceptors (Lipinski definition) is 2. The Morgan fingerprint density at radius 1 is 1.36 bits per heavy atom. The molecule has 14 heavy (non-hydrogen) atoms. The van der Waals surface area contributed by atoms with Crippen molar-refractivity contribution in [3.05, 3.63) is 23.8 Å². The number of hydrogen-bond donors (Lipinski definition) is 1. The topological polar surface area (TPSA) is 35.2 Å². The Balaban J connectivity index is 2.87. The van der Waals surface area contributed by atoms with Crippen LogP contribution in [0.5, 0.6) is 5.75 Å². The van der Waals surface area contributed by atoms with E-state index in [1.165, 1.54) is 25.3 Å². The number of halogens is 3. The highest BCUT2D eigenvalue weighted by Crippen LogP contribution is 2.26. The molecule has 1 aromatic carbocycles. The molecule has 0 aliphatic carbocycles. The van der Waals surface area contributed by atoms with Gasteiger partial charge in [0.05, 0.1) is 19.2 Å². The van der Waals surface area contributed by atoms with Crippen LogP contribution in [0.2, 0.25) is 0 Å². The maximum absolute atomic E-state index is 12.0. The summed E-state index contributed by atoms with van der Waals surface area (Å²) in [5, 5.41) is 0. The fourth-order valence-electron chi connectivity index (χ4n) is 1.13. The van der Waals surface area contributed by atoms with Gasteiger partial charge in [0.25, 0.3) is 0 Å². The summed E-state index contributed by atoms with van der Waals surface area (Å²) < 4.78 is 40.8. The zero-order valence-corrected chi connectivity index (χ0v) is 7.56. The largest absolute Gasteiger partial charge is 0.495 e. The van der Waals surface area contributed by atoms with E-state index in [0.717, 1.165) is 0 Å². The van der Waals surface area contributed by atoms with Gasteiger partial charge >= 0.3 is 6.18 Å². The number of benzene rings is 1. The lowest BCUT2D eigenvalue weighted by Crippen LogP contribution is -2.11. The van der Waals surface area contributed by atoms with Crippen LogP contribution in [0.1, 0.15) is 5.56 Å². The second-order valence-electron chi connectivity index (χ2n) is 2.87. The van der Waals surface area contributed by atoms with E-state index >= 15 is 0 Å². The van der Waals surface area contributed by atoms with Crippen molar-refractivity contribution in [1.82, 2.24) is 0 Å². The van der Waals surface area contributed by atoms with Gasteiger partial charge in [0.15, 0.2) is 0 Å². The van der Waals surface area contributed by atoms with Crippen LogP contribution in [-0.4, -0.2) is 13.3 Å². The van der Waals surface area contributed by atoms with Crippen molar-refractivity contribution >= 4 is 5.69 Å². The standard InChI is InChI=1S/C9H10F3NO/c1-14-8-3-2-6(4-7(8)13)5-9(10,11)12/h2-4H,5,13H2,1H3. The second-order valence-corrected chi connectivity index (χ2v) is 2.87. The molecule has 0 heterocycles. The zero-order chi connectivity index (χ0) is 10.8. The van der Waals surface area contributed by atoms with E-state index in [2.05, 4.69) is 0 Å². The first-order valence-corrected chi connectivity index (χ1v) is 3.91. The zero-order valence-electron chi connectivity index (χ0n) is 7.56. The Bertz CT molecular complexity index is 322. The van der Waals surface area contributed by atoms with Gasteiger partial charge in [-0.3, -0.25) is 0 Å². The molecule has 0 aliphatic rings. The molecule has 0 bridgehead atoms. The molecular weight excluding hydrogens is 195 g/mol. The van der Waals surface area contributed by atoms with Crippen LogP contribution in [0.4, 0.5) is 18.9 Å². The maximum Gasteiger partial charge on any atom is 0.393 e. The highest BCUT2D eigenvalue weighted by atomic mass is 19.4. The lowest BCUT2D eigenvalue weighted by Gasteiger charge is -2.09. The fourth-order valence-corrected chi connectivity index (χ4v) is 1.13. The van der Waals surface area contributed by atoms with Crippen molar-refractivity contribution in [1.29, 1.82) is 0 Å². The molecule has 0 atom stereocenters. The van der Waals surface area contributed by atoms with E-state index in [0.29, 0.717) is 5.75 Å². The highest BCUT2D eigenvalue weighted by molar-refractivity contribution is 5.54. The number of rotatable bonds is 2. The van der Waals surface area contributed by atoms with Gasteiger partial charge in [-0.1, -0.05) is 6.07 Å². The Hall–Kier alpha value is -1.39. The molecular formula is C9H10F3NO. The molecule has 0 amide bonds. The minimum Gasteiger partial charge on any atom is -0.495 e. The molecule has 1 rings (SSSR count). The molecule has 0 spiro atoms. The first kappa shape index (κ1) is 10.7. The van der Waals surface area contributed by atoms with E-state index in [1.54, 1.807) is 0 Å². The average Bonchev–Trinajstić information content (AvgIpc) is 2.01. The first-order valence-electron chi connectivity index (χ1n) is 3.91. The molecule has 2 N–H and O–H groups in total. The third-order valence-electron chi connectivity index (χ3n) is 1.70. The predicted octanol–water partition coefficient (Wildman–Crippen LogP) is 2.38. The summed E-state index contributed by atoms with van der Waals surface area (Å²) in [6, 6.07) is 4.05. The number of ether oxygens (including phenoxy) is 1. The fraction of sp³-hybridized carbons (Fsp3) is 0.333. The monoisotopic (exact) mass is 205 g/mol. The number of methoxy groups -OCH3 is 1. The van der Waals surface area contributed by atoms with Crippen LogP contribution in [0.3, 0.4) is 0 Å². The average molecular weight is 205 g/mol. The Morgan fingerprint density at radius 3 is 2.43 bits per heavy atom. The van der Waals surface area contributed by atoms with Crippen LogP contribution < -0.4 is 10.5 Å². The van der Waals surface area contributed by atoms with Gasteiger partial charge in [-0.05, 0) is 17.7 Å². The molecule has 0 saturated carbocycles. The minimum absolute atomic E-state index is 0.135. The Kier molecular flexibility index (Phi) is 2.88. The molecule has 1 aromatic rings. The lowest BCUT2D eigenvalue weighted by atomic mass is 10.1. The predicted molar refractivity (Wildman–Crippen MR) is 47.2 cm³/mol. The van der Waals surface area contributed by atoms with E-state index < -0.39 is 12.6 Å². The van der Waals surface area contributed by atoms with Gasteiger partial charge in [-0.15, -0.1) is 0 Å². The number of anilines is 1. The molecule has 0 saturated heterocycles. The maximum atomic E-state index is 12.0. The van der Waals surface area contributed by atoms with E-state index in [1.807, 2.05) is 0 Å². The third-order valence-corrected chi connectivity index (χ3v) is 1.70. The molecule has 5 heteroatoms. The van der Waals surface area contributed by atoms with E-state index in [4.69, 9.17) is 10.5 Å². The molecule has 0 fully saturated rings. The molecule has 0 radical (unpaired) electrons. The smallest absolute Gasteiger partial charge is 0.393 e. The Morgan fingerprint density at radius 2 is 2.00 bits per heavy atom. The SMILES string of the molecule is COc1ccc(CC(F)(F)F)cc1N. The van der Waals surface area contributed by atoms with Crippen LogP contribution >= 0.6 is 0 Å². The van der Waals surface area contributed by atoms with Crippen LogP contribution in [-0.2, 0) is 6.42 Å². The normalized spacial score (nSPS) is 11.4. The van der Waals surface area contributed by atoms with Crippen molar-refractivity contribution in [2.75, 3.05) is 12.8 Å². The highest BCUT2D eigenvalue weighted by Gasteiger charge is 2.27. The summed E-state index contributed by atoms with van der Waals surface area (Å²) in [6.07, 6.45) is -5.18. The summed E-state index contributed by atoms with van der Waals surface area (Å²) >= 11 is 0. The lowest BCUT2D eigenvalue weighted by molar-refractivity contribution is -0.127. The minimum atomic E-state index is -4.21. The quantitative estimate of drug-likeness (QED) is 0.752. The van der Waals surface area contributed by atoms with Crippen molar-refractivity contribution in [2.24, 2.45) is 0 Å². The summed E-state index contributed by atoms with van der Waals surface area (Å²) in [5.41, 5.74) is 5.81. The van der Waals surface area contributed by atoms with Gasteiger partial charge < -0.3 is 10.5 Å². The Labute approximate surface area is 79.5 Å². The number of alkyl halides is 3. The van der Waals surface area contributed by atoms with E-state index in [-0.39, 0.29) is 11.3 Å². The summed E-state index contributed by atoms with van der Waals surface area (Å²) in [4.78, 5) is 0. The molecule has 0 aromatic heterocycles. The van der Waals surface area contributed by atoms with Crippen LogP contribution in [0, 0.1) is 0 Å². The second kappa shape index (κ2) is 3.77. The van der Waals surface area contributed by atoms with Gasteiger partial charge in [-0.25, -0.2) is 0 Å². The number of nitrogens with two attached hydrogens (primary N) is 1. The van der Waals surface area contributed by atoms with E-state index in [9.17, 15) is 13.2 Å². The van der Waals surface area contributed by atoms with Crippen molar-refractivity contribution < 1.29 is 17.9 Å². The molecule has 0 unspecified atom stereocenters. The van der Waals surface area contributed by atoms with Crippen molar-refractivity contribution in [3.8, 4) is 5.75 Å². The van der Waals surface area contributed by atoms with Crippen LogP contribution in [0.25, 0.3) is 0 Å². The summed E-state index contributed by atoms with van der Waals surface area (Å²) in [7, 11) is 1.41.